The summed E-state index contributed by atoms with van der Waals surface area (Å²) < 4.78 is 0. The number of nitrogens with one attached hydrogen (secondary N) is 2. The van der Waals surface area contributed by atoms with Gasteiger partial charge in [0.15, 0.2) is 0 Å². The molecule has 0 aliphatic heterocycles. The Kier molecular flexibility index (Phi) is 5.49. The number of carboxylic acids is 1. The number of benzene rings is 1. The molecule has 0 unspecified atom stereocenters. The average molecular weight is 266 g/mol. The van der Waals surface area contributed by atoms with Crippen molar-refractivity contribution in [2.24, 2.45) is 0 Å². The van der Waals surface area contributed by atoms with Gasteiger partial charge in [-0.05, 0) is 12.1 Å². The van der Waals surface area contributed by atoms with E-state index in [1.807, 2.05) is 0 Å². The number of para-hydroxylation sites is 1. The molecule has 0 aliphatic carbocycles. The van der Waals surface area contributed by atoms with Crippen molar-refractivity contribution >= 4 is 23.5 Å². The zero-order valence-corrected chi connectivity index (χ0v) is 10.0. The first kappa shape index (κ1) is 14.7. The molecule has 0 bridgehead atoms. The highest BCUT2D eigenvalue weighted by atomic mass is 16.4. The molecule has 4 N–H and O–H groups in total. The summed E-state index contributed by atoms with van der Waals surface area (Å²) in [7, 11) is 0. The Bertz CT molecular complexity index is 487. The number of hydrogen-bond acceptors (Lipinski definition) is 4. The van der Waals surface area contributed by atoms with Crippen molar-refractivity contribution in [2.75, 3.05) is 18.5 Å². The van der Waals surface area contributed by atoms with E-state index in [0.717, 1.165) is 0 Å². The molecule has 2 amide bonds. The molecule has 0 fully saturated rings. The quantitative estimate of drug-likeness (QED) is 0.533. The van der Waals surface area contributed by atoms with Crippen LogP contribution in [0.3, 0.4) is 0 Å². The van der Waals surface area contributed by atoms with Gasteiger partial charge in [-0.1, -0.05) is 12.1 Å². The van der Waals surface area contributed by atoms with Crippen LogP contribution in [0.2, 0.25) is 0 Å². The fourth-order valence-corrected chi connectivity index (χ4v) is 1.38. The lowest BCUT2D eigenvalue weighted by atomic mass is 10.2. The van der Waals surface area contributed by atoms with Crippen molar-refractivity contribution < 1.29 is 24.6 Å². The number of carbonyl (C=O) groups is 3. The van der Waals surface area contributed by atoms with Crippen molar-refractivity contribution in [1.29, 1.82) is 0 Å². The highest BCUT2D eigenvalue weighted by Gasteiger charge is 2.13. The van der Waals surface area contributed by atoms with Crippen LogP contribution >= 0.6 is 0 Å². The van der Waals surface area contributed by atoms with Gasteiger partial charge < -0.3 is 20.8 Å². The molecular weight excluding hydrogens is 252 g/mol. The number of anilines is 1. The van der Waals surface area contributed by atoms with E-state index in [1.54, 1.807) is 6.07 Å². The summed E-state index contributed by atoms with van der Waals surface area (Å²) in [5.74, 6) is -2.33. The van der Waals surface area contributed by atoms with E-state index in [-0.39, 0.29) is 24.4 Å². The molecule has 0 heterocycles. The summed E-state index contributed by atoms with van der Waals surface area (Å²) >= 11 is 0. The second-order valence-corrected chi connectivity index (χ2v) is 3.65. The topological polar surface area (TPSA) is 116 Å². The summed E-state index contributed by atoms with van der Waals surface area (Å²) in [6.07, 6.45) is -0.437. The van der Waals surface area contributed by atoms with E-state index < -0.39 is 24.2 Å². The lowest BCUT2D eigenvalue weighted by Gasteiger charge is -2.08. The first-order valence-electron chi connectivity index (χ1n) is 5.54. The molecule has 0 spiro atoms. The average Bonchev–Trinajstić information content (AvgIpc) is 2.36. The number of hydrogen-bond donors (Lipinski definition) is 4. The van der Waals surface area contributed by atoms with Gasteiger partial charge in [0.05, 0.1) is 17.9 Å². The second kappa shape index (κ2) is 7.12. The fourth-order valence-electron chi connectivity index (χ4n) is 1.38. The molecule has 0 radical (unpaired) electrons. The molecule has 0 saturated heterocycles. The predicted octanol–water partition coefficient (Wildman–Crippen LogP) is -0.178. The first-order valence-corrected chi connectivity index (χ1v) is 5.54. The van der Waals surface area contributed by atoms with Gasteiger partial charge >= 0.3 is 5.97 Å². The van der Waals surface area contributed by atoms with E-state index in [1.165, 1.54) is 18.2 Å². The normalized spacial score (nSPS) is 9.74. The summed E-state index contributed by atoms with van der Waals surface area (Å²) in [6, 6.07) is 5.90. The maximum atomic E-state index is 11.5. The molecule has 0 atom stereocenters. The molecule has 7 nitrogen and oxygen atoms in total. The van der Waals surface area contributed by atoms with Gasteiger partial charge in [0.2, 0.25) is 11.8 Å². The molecule has 0 aromatic heterocycles. The van der Waals surface area contributed by atoms with E-state index in [2.05, 4.69) is 10.6 Å². The van der Waals surface area contributed by atoms with Crippen molar-refractivity contribution in [2.45, 2.75) is 6.42 Å². The Balaban J connectivity index is 2.62. The standard InChI is InChI=1S/C12H14N2O5/c15-6-5-13-10(16)7-11(17)14-9-4-2-1-3-8(9)12(18)19/h1-4,15H,5-7H2,(H,13,16)(H,14,17)(H,18,19). The minimum atomic E-state index is -1.17. The van der Waals surface area contributed by atoms with Crippen molar-refractivity contribution in [3.05, 3.63) is 29.8 Å². The fraction of sp³-hybridized carbons (Fsp3) is 0.250. The molecule has 1 aromatic carbocycles. The van der Waals surface area contributed by atoms with E-state index >= 15 is 0 Å². The SMILES string of the molecule is O=C(CC(=O)Nc1ccccc1C(=O)O)NCCO. The van der Waals surface area contributed by atoms with Gasteiger partial charge in [0.1, 0.15) is 6.42 Å². The van der Waals surface area contributed by atoms with Gasteiger partial charge in [-0.2, -0.15) is 0 Å². The lowest BCUT2D eigenvalue weighted by molar-refractivity contribution is -0.126. The van der Waals surface area contributed by atoms with Crippen molar-refractivity contribution in [1.82, 2.24) is 5.32 Å². The molecule has 0 saturated carbocycles. The molecule has 19 heavy (non-hydrogen) atoms. The summed E-state index contributed by atoms with van der Waals surface area (Å²) in [6.45, 7) is -0.146. The number of aromatic carboxylic acids is 1. The summed E-state index contributed by atoms with van der Waals surface area (Å²) in [5.41, 5.74) is 0.0848. The second-order valence-electron chi connectivity index (χ2n) is 3.65. The smallest absolute Gasteiger partial charge is 0.337 e. The highest BCUT2D eigenvalue weighted by Crippen LogP contribution is 2.14. The third-order valence-corrected chi connectivity index (χ3v) is 2.19. The Labute approximate surface area is 109 Å². The summed E-state index contributed by atoms with van der Waals surface area (Å²) in [4.78, 5) is 33.7. The first-order chi connectivity index (χ1) is 9.04. The third kappa shape index (κ3) is 4.76. The van der Waals surface area contributed by atoms with Crippen molar-refractivity contribution in [3.8, 4) is 0 Å². The maximum Gasteiger partial charge on any atom is 0.337 e. The van der Waals surface area contributed by atoms with Crippen LogP contribution in [0, 0.1) is 0 Å². The molecule has 1 aromatic rings. The maximum absolute atomic E-state index is 11.5. The number of carboxylic acid groups (broad SMARTS) is 1. The van der Waals surface area contributed by atoms with Crippen LogP contribution in [0.25, 0.3) is 0 Å². The third-order valence-electron chi connectivity index (χ3n) is 2.19. The molecule has 7 heteroatoms. The van der Waals surface area contributed by atoms with Gasteiger partial charge in [-0.15, -0.1) is 0 Å². The van der Waals surface area contributed by atoms with E-state index in [9.17, 15) is 14.4 Å². The number of amides is 2. The van der Waals surface area contributed by atoms with Crippen LogP contribution in [0.1, 0.15) is 16.8 Å². The lowest BCUT2D eigenvalue weighted by Crippen LogP contribution is -2.30. The summed E-state index contributed by atoms with van der Waals surface area (Å²) in [5, 5.41) is 22.1. The van der Waals surface area contributed by atoms with Gasteiger partial charge in [0.25, 0.3) is 0 Å². The molecule has 1 rings (SSSR count). The van der Waals surface area contributed by atoms with Crippen LogP contribution in [0.15, 0.2) is 24.3 Å². The molecular formula is C12H14N2O5. The Morgan fingerprint density at radius 2 is 1.79 bits per heavy atom. The van der Waals surface area contributed by atoms with Crippen molar-refractivity contribution in [3.63, 3.8) is 0 Å². The van der Waals surface area contributed by atoms with E-state index in [4.69, 9.17) is 10.2 Å². The van der Waals surface area contributed by atoms with Crippen LogP contribution in [0.5, 0.6) is 0 Å². The van der Waals surface area contributed by atoms with Gasteiger partial charge in [-0.25, -0.2) is 4.79 Å². The number of rotatable bonds is 6. The number of carbonyl (C=O) groups excluding carboxylic acids is 2. The zero-order chi connectivity index (χ0) is 14.3. The number of aliphatic hydroxyl groups excluding tert-OH is 1. The molecule has 0 aliphatic rings. The highest BCUT2D eigenvalue weighted by molar-refractivity contribution is 6.06. The Morgan fingerprint density at radius 1 is 1.11 bits per heavy atom. The zero-order valence-electron chi connectivity index (χ0n) is 10.0. The Hall–Kier alpha value is -2.41. The van der Waals surface area contributed by atoms with Crippen LogP contribution < -0.4 is 10.6 Å². The van der Waals surface area contributed by atoms with Crippen LogP contribution in [-0.4, -0.2) is 41.1 Å². The Morgan fingerprint density at radius 3 is 2.42 bits per heavy atom. The molecule has 102 valence electrons. The van der Waals surface area contributed by atoms with Gasteiger partial charge in [0, 0.05) is 6.54 Å². The van der Waals surface area contributed by atoms with Gasteiger partial charge in [-0.3, -0.25) is 9.59 Å². The number of aliphatic hydroxyl groups is 1. The minimum absolute atomic E-state index is 0.0494. The van der Waals surface area contributed by atoms with E-state index in [0.29, 0.717) is 0 Å². The van der Waals surface area contributed by atoms with Crippen LogP contribution in [0.4, 0.5) is 5.69 Å². The predicted molar refractivity (Wildman–Crippen MR) is 66.7 cm³/mol. The van der Waals surface area contributed by atoms with Crippen LogP contribution in [-0.2, 0) is 9.59 Å². The monoisotopic (exact) mass is 266 g/mol. The minimum Gasteiger partial charge on any atom is -0.478 e. The largest absolute Gasteiger partial charge is 0.478 e.